The van der Waals surface area contributed by atoms with Crippen LogP contribution in [0.4, 0.5) is 4.79 Å². The Kier molecular flexibility index (Phi) is 7.63. The standard InChI is InChI=1S/C23H27ClN2O5/c1-15(24)22(27)26-10-9-17-11-20(29-2)21(30-3)12-18(17)19(26)13-25-23(28)31-14-16-7-5-4-6-8-16/h4-8,11-12,15,19H,9-10,13-14H2,1-3H3,(H,25,28)/t15-,19+/m1/s1. The van der Waals surface area contributed by atoms with Gasteiger partial charge in [-0.1, -0.05) is 30.3 Å². The molecule has 1 aliphatic heterocycles. The number of fused-ring (bicyclic) bond motifs is 1. The summed E-state index contributed by atoms with van der Waals surface area (Å²) in [5.41, 5.74) is 2.82. The molecule has 31 heavy (non-hydrogen) atoms. The maximum absolute atomic E-state index is 12.7. The number of amides is 2. The van der Waals surface area contributed by atoms with Crippen LogP contribution in [0.3, 0.4) is 0 Å². The molecule has 8 heteroatoms. The van der Waals surface area contributed by atoms with E-state index in [0.29, 0.717) is 24.5 Å². The molecule has 2 aromatic carbocycles. The lowest BCUT2D eigenvalue weighted by molar-refractivity contribution is -0.133. The van der Waals surface area contributed by atoms with Crippen molar-refractivity contribution in [1.29, 1.82) is 0 Å². The second kappa shape index (κ2) is 10.4. The molecule has 1 N–H and O–H groups in total. The zero-order valence-electron chi connectivity index (χ0n) is 17.9. The van der Waals surface area contributed by atoms with Crippen molar-refractivity contribution in [3.63, 3.8) is 0 Å². The summed E-state index contributed by atoms with van der Waals surface area (Å²) in [7, 11) is 3.14. The number of alkyl carbamates (subject to hydrolysis) is 1. The fraction of sp³-hybridized carbons (Fsp3) is 0.391. The quantitative estimate of drug-likeness (QED) is 0.656. The molecule has 7 nitrogen and oxygen atoms in total. The van der Waals surface area contributed by atoms with E-state index in [1.807, 2.05) is 42.5 Å². The van der Waals surface area contributed by atoms with Crippen molar-refractivity contribution in [1.82, 2.24) is 10.2 Å². The zero-order chi connectivity index (χ0) is 22.4. The summed E-state index contributed by atoms with van der Waals surface area (Å²) in [5.74, 6) is 0.999. The third-order valence-electron chi connectivity index (χ3n) is 5.28. The highest BCUT2D eigenvalue weighted by Crippen LogP contribution is 2.38. The van der Waals surface area contributed by atoms with Crippen LogP contribution in [0.15, 0.2) is 42.5 Å². The molecule has 2 aromatic rings. The van der Waals surface area contributed by atoms with Crippen LogP contribution in [0.1, 0.15) is 29.7 Å². The molecule has 3 rings (SSSR count). The van der Waals surface area contributed by atoms with Gasteiger partial charge in [-0.05, 0) is 42.2 Å². The fourth-order valence-electron chi connectivity index (χ4n) is 3.69. The molecule has 2 atom stereocenters. The Morgan fingerprint density at radius 2 is 1.84 bits per heavy atom. The van der Waals surface area contributed by atoms with Crippen molar-refractivity contribution in [2.75, 3.05) is 27.3 Å². The molecule has 0 aromatic heterocycles. The highest BCUT2D eigenvalue weighted by Gasteiger charge is 2.34. The highest BCUT2D eigenvalue weighted by molar-refractivity contribution is 6.30. The highest BCUT2D eigenvalue weighted by atomic mass is 35.5. The van der Waals surface area contributed by atoms with Gasteiger partial charge in [0.05, 0.1) is 20.3 Å². The van der Waals surface area contributed by atoms with Gasteiger partial charge in [0, 0.05) is 13.1 Å². The van der Waals surface area contributed by atoms with E-state index in [2.05, 4.69) is 5.32 Å². The molecule has 2 amide bonds. The predicted molar refractivity (Wildman–Crippen MR) is 118 cm³/mol. The Hall–Kier alpha value is -2.93. The second-order valence-corrected chi connectivity index (χ2v) is 7.92. The lowest BCUT2D eigenvalue weighted by Gasteiger charge is -2.38. The number of methoxy groups -OCH3 is 2. The summed E-state index contributed by atoms with van der Waals surface area (Å²) >= 11 is 6.09. The Balaban J connectivity index is 1.78. The molecule has 0 bridgehead atoms. The normalized spacial score (nSPS) is 16.1. The van der Waals surface area contributed by atoms with Gasteiger partial charge in [0.2, 0.25) is 5.91 Å². The van der Waals surface area contributed by atoms with E-state index in [1.54, 1.807) is 26.0 Å². The molecule has 0 spiro atoms. The topological polar surface area (TPSA) is 77.1 Å². The smallest absolute Gasteiger partial charge is 0.407 e. The summed E-state index contributed by atoms with van der Waals surface area (Å²) in [4.78, 5) is 26.7. The van der Waals surface area contributed by atoms with Crippen molar-refractivity contribution in [2.24, 2.45) is 0 Å². The molecule has 0 unspecified atom stereocenters. The van der Waals surface area contributed by atoms with Gasteiger partial charge >= 0.3 is 6.09 Å². The minimum absolute atomic E-state index is 0.167. The number of hydrogen-bond donors (Lipinski definition) is 1. The van der Waals surface area contributed by atoms with Gasteiger partial charge in [-0.3, -0.25) is 4.79 Å². The number of hydrogen-bond acceptors (Lipinski definition) is 5. The van der Waals surface area contributed by atoms with Crippen LogP contribution in [0.2, 0.25) is 0 Å². The molecule has 1 heterocycles. The Labute approximate surface area is 187 Å². The van der Waals surface area contributed by atoms with Crippen molar-refractivity contribution in [3.05, 3.63) is 59.2 Å². The van der Waals surface area contributed by atoms with Crippen LogP contribution >= 0.6 is 11.6 Å². The van der Waals surface area contributed by atoms with Gasteiger partial charge in [-0.25, -0.2) is 4.79 Å². The third kappa shape index (κ3) is 5.41. The summed E-state index contributed by atoms with van der Waals surface area (Å²) in [5, 5.41) is 2.11. The molecule has 166 valence electrons. The largest absolute Gasteiger partial charge is 0.493 e. The van der Waals surface area contributed by atoms with Crippen LogP contribution in [0.5, 0.6) is 11.5 Å². The van der Waals surface area contributed by atoms with Crippen LogP contribution in [-0.2, 0) is 22.6 Å². The summed E-state index contributed by atoms with van der Waals surface area (Å²) in [6.07, 6.45) is 0.0998. The number of benzene rings is 2. The lowest BCUT2D eigenvalue weighted by atomic mass is 9.91. The summed E-state index contributed by atoms with van der Waals surface area (Å²) < 4.78 is 16.2. The maximum Gasteiger partial charge on any atom is 0.407 e. The van der Waals surface area contributed by atoms with Gasteiger partial charge in [-0.15, -0.1) is 11.6 Å². The summed E-state index contributed by atoms with van der Waals surface area (Å²) in [6.45, 7) is 2.49. The van der Waals surface area contributed by atoms with E-state index in [1.165, 1.54) is 0 Å². The predicted octanol–water partition coefficient (Wildman–Crippen LogP) is 3.68. The van der Waals surface area contributed by atoms with E-state index in [9.17, 15) is 9.59 Å². The van der Waals surface area contributed by atoms with Crippen molar-refractivity contribution in [3.8, 4) is 11.5 Å². The first kappa shape index (κ1) is 22.7. The molecule has 0 saturated carbocycles. The number of nitrogens with zero attached hydrogens (tertiary/aromatic N) is 1. The van der Waals surface area contributed by atoms with Crippen LogP contribution in [0, 0.1) is 0 Å². The van der Waals surface area contributed by atoms with Gasteiger partial charge in [-0.2, -0.15) is 0 Å². The zero-order valence-corrected chi connectivity index (χ0v) is 18.6. The number of carbonyl (C=O) groups is 2. The van der Waals surface area contributed by atoms with Gasteiger partial charge in [0.1, 0.15) is 12.0 Å². The average molecular weight is 447 g/mol. The van der Waals surface area contributed by atoms with Crippen molar-refractivity contribution >= 4 is 23.6 Å². The monoisotopic (exact) mass is 446 g/mol. The minimum Gasteiger partial charge on any atom is -0.493 e. The van der Waals surface area contributed by atoms with Crippen molar-refractivity contribution in [2.45, 2.75) is 31.4 Å². The van der Waals surface area contributed by atoms with E-state index in [4.69, 9.17) is 25.8 Å². The van der Waals surface area contributed by atoms with E-state index in [0.717, 1.165) is 16.7 Å². The summed E-state index contributed by atoms with van der Waals surface area (Å²) in [6, 6.07) is 12.8. The second-order valence-electron chi connectivity index (χ2n) is 7.26. The number of nitrogens with one attached hydrogen (secondary N) is 1. The average Bonchev–Trinajstić information content (AvgIpc) is 2.80. The molecule has 0 fully saturated rings. The number of carbonyl (C=O) groups excluding carboxylic acids is 2. The Morgan fingerprint density at radius 3 is 2.48 bits per heavy atom. The first-order chi connectivity index (χ1) is 14.9. The first-order valence-corrected chi connectivity index (χ1v) is 10.5. The molecule has 0 saturated heterocycles. The number of ether oxygens (including phenoxy) is 3. The Bertz CT molecular complexity index is 920. The fourth-order valence-corrected chi connectivity index (χ4v) is 3.82. The molecule has 1 aliphatic rings. The minimum atomic E-state index is -0.672. The van der Waals surface area contributed by atoms with Gasteiger partial charge in [0.25, 0.3) is 0 Å². The number of rotatable bonds is 7. The van der Waals surface area contributed by atoms with Crippen LogP contribution in [-0.4, -0.2) is 49.6 Å². The van der Waals surface area contributed by atoms with Crippen LogP contribution < -0.4 is 14.8 Å². The maximum atomic E-state index is 12.7. The van der Waals surface area contributed by atoms with Gasteiger partial charge in [0.15, 0.2) is 11.5 Å². The SMILES string of the molecule is COc1cc2c(cc1OC)[C@H](CNC(=O)OCc1ccccc1)N(C(=O)[C@@H](C)Cl)CC2. The van der Waals surface area contributed by atoms with E-state index >= 15 is 0 Å². The molecule has 0 aliphatic carbocycles. The first-order valence-electron chi connectivity index (χ1n) is 10.1. The number of halogens is 1. The molecular weight excluding hydrogens is 420 g/mol. The van der Waals surface area contributed by atoms with E-state index < -0.39 is 17.5 Å². The number of alkyl halides is 1. The Morgan fingerprint density at radius 1 is 1.16 bits per heavy atom. The molecule has 0 radical (unpaired) electrons. The lowest BCUT2D eigenvalue weighted by Crippen LogP contribution is -2.47. The van der Waals surface area contributed by atoms with Crippen LogP contribution in [0.25, 0.3) is 0 Å². The molecular formula is C23H27ClN2O5. The van der Waals surface area contributed by atoms with E-state index in [-0.39, 0.29) is 19.1 Å². The van der Waals surface area contributed by atoms with Crippen molar-refractivity contribution < 1.29 is 23.8 Å². The van der Waals surface area contributed by atoms with Gasteiger partial charge < -0.3 is 24.4 Å². The third-order valence-corrected chi connectivity index (χ3v) is 5.47.